The molecule has 3 rings (SSSR count). The van der Waals surface area contributed by atoms with E-state index in [1.54, 1.807) is 19.1 Å². The van der Waals surface area contributed by atoms with E-state index in [1.165, 1.54) is 12.1 Å². The number of piperidine rings is 1. The first-order chi connectivity index (χ1) is 15.8. The molecule has 0 unspecified atom stereocenters. The average Bonchev–Trinajstić information content (AvgIpc) is 3.10. The molecule has 2 amide bonds. The molecule has 1 aliphatic heterocycles. The summed E-state index contributed by atoms with van der Waals surface area (Å²) in [6, 6.07) is 6.06. The lowest BCUT2D eigenvalue weighted by molar-refractivity contribution is -0.135. The Balaban J connectivity index is 1.45. The maximum absolute atomic E-state index is 13.0. The number of nitrogens with zero attached hydrogens (tertiary/aromatic N) is 1. The van der Waals surface area contributed by atoms with E-state index in [0.29, 0.717) is 57.6 Å². The number of hydrogen-bond acceptors (Lipinski definition) is 4. The first-order valence-electron chi connectivity index (χ1n) is 11.4. The summed E-state index contributed by atoms with van der Waals surface area (Å²) >= 11 is 0. The molecule has 0 atom stereocenters. The molecule has 1 aromatic heterocycles. The van der Waals surface area contributed by atoms with Crippen LogP contribution in [0.2, 0.25) is 0 Å². The van der Waals surface area contributed by atoms with Crippen molar-refractivity contribution < 1.29 is 23.5 Å². The zero-order chi connectivity index (χ0) is 24.0. The molecule has 0 spiro atoms. The maximum Gasteiger partial charge on any atom is 0.355 e. The SMILES string of the molecule is CCOC(=O)c1[nH]c(C)c(CCC(=O)N2CCC(C(=O)NCc3ccc(F)cc3)CC2)c1C. The van der Waals surface area contributed by atoms with Crippen LogP contribution in [0.1, 0.15) is 59.1 Å². The number of ether oxygens (including phenoxy) is 1. The minimum absolute atomic E-state index is 0.0310. The minimum Gasteiger partial charge on any atom is -0.461 e. The fraction of sp³-hybridized carbons (Fsp3) is 0.480. The van der Waals surface area contributed by atoms with Gasteiger partial charge in [0.2, 0.25) is 11.8 Å². The zero-order valence-corrected chi connectivity index (χ0v) is 19.5. The van der Waals surface area contributed by atoms with Crippen LogP contribution in [0.5, 0.6) is 0 Å². The van der Waals surface area contributed by atoms with Gasteiger partial charge in [0.05, 0.1) is 6.61 Å². The van der Waals surface area contributed by atoms with Gasteiger partial charge in [-0.2, -0.15) is 0 Å². The second-order valence-electron chi connectivity index (χ2n) is 8.45. The first-order valence-corrected chi connectivity index (χ1v) is 11.4. The number of rotatable bonds is 8. The van der Waals surface area contributed by atoms with Gasteiger partial charge in [-0.15, -0.1) is 0 Å². The highest BCUT2D eigenvalue weighted by atomic mass is 19.1. The van der Waals surface area contributed by atoms with Gasteiger partial charge in [0, 0.05) is 37.7 Å². The number of H-pyrrole nitrogens is 1. The highest BCUT2D eigenvalue weighted by Gasteiger charge is 2.27. The van der Waals surface area contributed by atoms with E-state index in [-0.39, 0.29) is 29.5 Å². The third-order valence-electron chi connectivity index (χ3n) is 6.26. The van der Waals surface area contributed by atoms with Crippen molar-refractivity contribution in [2.24, 2.45) is 5.92 Å². The van der Waals surface area contributed by atoms with Crippen molar-refractivity contribution in [2.45, 2.75) is 53.0 Å². The molecule has 2 N–H and O–H groups in total. The van der Waals surface area contributed by atoms with E-state index >= 15 is 0 Å². The Morgan fingerprint density at radius 2 is 1.82 bits per heavy atom. The van der Waals surface area contributed by atoms with Crippen LogP contribution in [0.15, 0.2) is 24.3 Å². The molecule has 1 fully saturated rings. The molecule has 0 radical (unpaired) electrons. The number of benzene rings is 1. The third-order valence-corrected chi connectivity index (χ3v) is 6.26. The van der Waals surface area contributed by atoms with E-state index in [2.05, 4.69) is 10.3 Å². The summed E-state index contributed by atoms with van der Waals surface area (Å²) in [6.45, 7) is 7.29. The highest BCUT2D eigenvalue weighted by Crippen LogP contribution is 2.22. The number of nitrogens with one attached hydrogen (secondary N) is 2. The Labute approximate surface area is 193 Å². The van der Waals surface area contributed by atoms with Gasteiger partial charge in [0.15, 0.2) is 0 Å². The largest absolute Gasteiger partial charge is 0.461 e. The summed E-state index contributed by atoms with van der Waals surface area (Å²) < 4.78 is 18.1. The second-order valence-corrected chi connectivity index (χ2v) is 8.45. The van der Waals surface area contributed by atoms with Gasteiger partial charge in [0.1, 0.15) is 11.5 Å². The smallest absolute Gasteiger partial charge is 0.355 e. The monoisotopic (exact) mass is 457 g/mol. The molecule has 1 aromatic carbocycles. The number of hydrogen-bond donors (Lipinski definition) is 2. The van der Waals surface area contributed by atoms with Crippen LogP contribution < -0.4 is 5.32 Å². The van der Waals surface area contributed by atoms with E-state index in [9.17, 15) is 18.8 Å². The van der Waals surface area contributed by atoms with Crippen molar-refractivity contribution in [1.29, 1.82) is 0 Å². The molecule has 0 saturated carbocycles. The lowest BCUT2D eigenvalue weighted by atomic mass is 9.95. The lowest BCUT2D eigenvalue weighted by Crippen LogP contribution is -2.43. The fourth-order valence-corrected chi connectivity index (χ4v) is 4.29. The Bertz CT molecular complexity index is 992. The number of halogens is 1. The molecular formula is C25H32FN3O4. The average molecular weight is 458 g/mol. The molecule has 33 heavy (non-hydrogen) atoms. The van der Waals surface area contributed by atoms with Crippen LogP contribution in [-0.4, -0.2) is 47.4 Å². The van der Waals surface area contributed by atoms with Crippen LogP contribution >= 0.6 is 0 Å². The first kappa shape index (κ1) is 24.5. The van der Waals surface area contributed by atoms with Crippen LogP contribution in [0, 0.1) is 25.6 Å². The van der Waals surface area contributed by atoms with Crippen molar-refractivity contribution >= 4 is 17.8 Å². The summed E-state index contributed by atoms with van der Waals surface area (Å²) in [5, 5.41) is 2.91. The second kappa shape index (κ2) is 11.1. The Morgan fingerprint density at radius 3 is 2.45 bits per heavy atom. The van der Waals surface area contributed by atoms with Crippen LogP contribution in [0.25, 0.3) is 0 Å². The summed E-state index contributed by atoms with van der Waals surface area (Å²) in [7, 11) is 0. The standard InChI is InChI=1S/C25H32FN3O4/c1-4-33-25(32)23-16(2)21(17(3)28-23)9-10-22(30)29-13-11-19(12-14-29)24(31)27-15-18-5-7-20(26)8-6-18/h5-8,19,28H,4,9-15H2,1-3H3,(H,27,31). The molecule has 8 heteroatoms. The number of aromatic nitrogens is 1. The molecule has 1 saturated heterocycles. The summed E-state index contributed by atoms with van der Waals surface area (Å²) in [5.41, 5.74) is 3.97. The van der Waals surface area contributed by atoms with Crippen molar-refractivity contribution in [1.82, 2.24) is 15.2 Å². The lowest BCUT2D eigenvalue weighted by Gasteiger charge is -2.31. The predicted octanol–water partition coefficient (Wildman–Crippen LogP) is 3.43. The van der Waals surface area contributed by atoms with E-state index in [4.69, 9.17) is 4.74 Å². The molecule has 0 aliphatic carbocycles. The molecular weight excluding hydrogens is 425 g/mol. The van der Waals surface area contributed by atoms with Gasteiger partial charge in [-0.05, 0) is 68.9 Å². The van der Waals surface area contributed by atoms with E-state index < -0.39 is 0 Å². The number of esters is 1. The maximum atomic E-state index is 13.0. The fourth-order valence-electron chi connectivity index (χ4n) is 4.29. The molecule has 2 aromatic rings. The van der Waals surface area contributed by atoms with Gasteiger partial charge in [-0.1, -0.05) is 12.1 Å². The number of aromatic amines is 1. The topological polar surface area (TPSA) is 91.5 Å². The van der Waals surface area contributed by atoms with Gasteiger partial charge in [-0.25, -0.2) is 9.18 Å². The number of carbonyl (C=O) groups is 3. The molecule has 1 aliphatic rings. The van der Waals surface area contributed by atoms with Crippen LogP contribution in [-0.2, 0) is 27.3 Å². The van der Waals surface area contributed by atoms with Crippen LogP contribution in [0.3, 0.4) is 0 Å². The zero-order valence-electron chi connectivity index (χ0n) is 19.5. The van der Waals surface area contributed by atoms with E-state index in [0.717, 1.165) is 22.4 Å². The Hall–Kier alpha value is -3.16. The summed E-state index contributed by atoms with van der Waals surface area (Å²) in [6.07, 6.45) is 2.14. The van der Waals surface area contributed by atoms with Crippen LogP contribution in [0.4, 0.5) is 4.39 Å². The van der Waals surface area contributed by atoms with Crippen molar-refractivity contribution in [2.75, 3.05) is 19.7 Å². The number of amides is 2. The molecule has 178 valence electrons. The normalized spacial score (nSPS) is 14.2. The van der Waals surface area contributed by atoms with Gasteiger partial charge in [0.25, 0.3) is 0 Å². The molecule has 2 heterocycles. The molecule has 0 bridgehead atoms. The third kappa shape index (κ3) is 6.21. The summed E-state index contributed by atoms with van der Waals surface area (Å²) in [4.78, 5) is 42.2. The highest BCUT2D eigenvalue weighted by molar-refractivity contribution is 5.90. The molecule has 7 nitrogen and oxygen atoms in total. The van der Waals surface area contributed by atoms with E-state index in [1.807, 2.05) is 18.7 Å². The predicted molar refractivity (Wildman–Crippen MR) is 122 cm³/mol. The number of carbonyl (C=O) groups excluding carboxylic acids is 3. The minimum atomic E-state index is -0.379. The summed E-state index contributed by atoms with van der Waals surface area (Å²) in [5.74, 6) is -0.788. The Morgan fingerprint density at radius 1 is 1.15 bits per heavy atom. The number of aryl methyl sites for hydroxylation is 1. The van der Waals surface area contributed by atoms with Crippen molar-refractivity contribution in [3.63, 3.8) is 0 Å². The van der Waals surface area contributed by atoms with Gasteiger partial charge < -0.3 is 19.9 Å². The Kier molecular flexibility index (Phi) is 8.25. The number of likely N-dealkylation sites (tertiary alicyclic amines) is 1. The van der Waals surface area contributed by atoms with Crippen molar-refractivity contribution in [3.8, 4) is 0 Å². The quantitative estimate of drug-likeness (QED) is 0.594. The van der Waals surface area contributed by atoms with Crippen molar-refractivity contribution in [3.05, 3.63) is 58.2 Å². The van der Waals surface area contributed by atoms with Gasteiger partial charge in [-0.3, -0.25) is 9.59 Å². The van der Waals surface area contributed by atoms with Gasteiger partial charge >= 0.3 is 5.97 Å².